The van der Waals surface area contributed by atoms with Crippen molar-refractivity contribution in [2.75, 3.05) is 73.0 Å². The quantitative estimate of drug-likeness (QED) is 0.251. The number of amides is 1. The van der Waals surface area contributed by atoms with Gasteiger partial charge in [0.2, 0.25) is 5.75 Å². The molecular formula is C26H35N3O10. The molecule has 0 bridgehead atoms. The molecule has 1 amide bonds. The highest BCUT2D eigenvalue weighted by atomic mass is 16.5. The summed E-state index contributed by atoms with van der Waals surface area (Å²) in [5.74, 6) is -2.46. The van der Waals surface area contributed by atoms with E-state index in [1.165, 1.54) is 26.2 Å². The van der Waals surface area contributed by atoms with Gasteiger partial charge in [0.1, 0.15) is 18.5 Å². The van der Waals surface area contributed by atoms with Crippen molar-refractivity contribution >= 4 is 23.5 Å². The standard InChI is InChI=1S/C24H33N3O6.C2H2O4/c1-26-9-11-27(12-10-26)15-19(28)16-33-20-7-5-18(6-8-20)25-24(29)17-13-21(30-2)23(32-4)22(14-17)31-3;3-1(4)2(5)6/h5-8,13-14,19,28H,9-12,15-16H2,1-4H3,(H,25,29);(H,3,4)(H,5,6). The van der Waals surface area contributed by atoms with Crippen molar-refractivity contribution in [3.63, 3.8) is 0 Å². The summed E-state index contributed by atoms with van der Waals surface area (Å²) >= 11 is 0. The van der Waals surface area contributed by atoms with Crippen molar-refractivity contribution in [3.8, 4) is 23.0 Å². The average Bonchev–Trinajstić information content (AvgIpc) is 2.93. The van der Waals surface area contributed by atoms with Crippen LogP contribution >= 0.6 is 0 Å². The fourth-order valence-corrected chi connectivity index (χ4v) is 3.71. The molecule has 0 spiro atoms. The van der Waals surface area contributed by atoms with Gasteiger partial charge in [-0.1, -0.05) is 0 Å². The van der Waals surface area contributed by atoms with Gasteiger partial charge in [-0.05, 0) is 36.4 Å². The summed E-state index contributed by atoms with van der Waals surface area (Å²) in [7, 11) is 6.70. The molecule has 1 aliphatic heterocycles. The zero-order valence-electron chi connectivity index (χ0n) is 22.4. The third-order valence-corrected chi connectivity index (χ3v) is 5.83. The molecule has 0 aromatic heterocycles. The fourth-order valence-electron chi connectivity index (χ4n) is 3.71. The van der Waals surface area contributed by atoms with Crippen LogP contribution in [-0.4, -0.2) is 107 Å². The van der Waals surface area contributed by atoms with Crippen LogP contribution in [0.3, 0.4) is 0 Å². The highest BCUT2D eigenvalue weighted by Gasteiger charge is 2.20. The molecule has 39 heavy (non-hydrogen) atoms. The number of carboxylic acid groups (broad SMARTS) is 2. The molecule has 13 heteroatoms. The van der Waals surface area contributed by atoms with Crippen LogP contribution < -0.4 is 34.3 Å². The number of aliphatic carboxylic acids is 2. The molecule has 214 valence electrons. The highest BCUT2D eigenvalue weighted by molar-refractivity contribution is 6.26. The number of ether oxygens (including phenoxy) is 4. The lowest BCUT2D eigenvalue weighted by Crippen LogP contribution is -3.12. The number of nitrogens with one attached hydrogen (secondary N) is 2. The zero-order chi connectivity index (χ0) is 28.9. The summed E-state index contributed by atoms with van der Waals surface area (Å²) in [5, 5.41) is 29.5. The van der Waals surface area contributed by atoms with E-state index < -0.39 is 18.0 Å². The maximum Gasteiger partial charge on any atom is 0.351 e. The first-order valence-corrected chi connectivity index (χ1v) is 12.1. The number of likely N-dealkylation sites (N-methyl/N-ethyl adjacent to an activating group) is 1. The van der Waals surface area contributed by atoms with Gasteiger partial charge in [-0.3, -0.25) is 9.69 Å². The van der Waals surface area contributed by atoms with E-state index in [0.29, 0.717) is 40.8 Å². The molecule has 1 atom stereocenters. The highest BCUT2D eigenvalue weighted by Crippen LogP contribution is 2.38. The zero-order valence-corrected chi connectivity index (χ0v) is 22.4. The molecule has 3 rings (SSSR count). The average molecular weight is 550 g/mol. The molecule has 13 nitrogen and oxygen atoms in total. The van der Waals surface area contributed by atoms with Crippen molar-refractivity contribution < 1.29 is 53.6 Å². The SMILES string of the molecule is COc1cc(C(=O)Nc2ccc(OCC(O)CN3CC[NH+](C)CC3)cc2)cc(OC)c1OC.O=C([O-])C(=O)O. The predicted octanol–water partition coefficient (Wildman–Crippen LogP) is -1.64. The van der Waals surface area contributed by atoms with Gasteiger partial charge in [-0.2, -0.15) is 0 Å². The lowest BCUT2D eigenvalue weighted by atomic mass is 10.1. The van der Waals surface area contributed by atoms with Gasteiger partial charge in [0.05, 0.1) is 41.5 Å². The van der Waals surface area contributed by atoms with Gasteiger partial charge in [-0.25, -0.2) is 4.79 Å². The molecule has 2 aromatic rings. The Labute approximate surface area is 226 Å². The first-order valence-electron chi connectivity index (χ1n) is 12.1. The Morgan fingerprint density at radius 3 is 2.03 bits per heavy atom. The van der Waals surface area contributed by atoms with Crippen LogP contribution in [0.1, 0.15) is 10.4 Å². The first kappa shape index (κ1) is 31.1. The number of piperazine rings is 1. The summed E-state index contributed by atoms with van der Waals surface area (Å²) in [4.78, 5) is 34.5. The van der Waals surface area contributed by atoms with Crippen molar-refractivity contribution in [1.29, 1.82) is 0 Å². The van der Waals surface area contributed by atoms with E-state index in [2.05, 4.69) is 17.3 Å². The number of hydrogen-bond donors (Lipinski definition) is 4. The molecule has 1 saturated heterocycles. The van der Waals surface area contributed by atoms with Crippen LogP contribution in [0, 0.1) is 0 Å². The van der Waals surface area contributed by atoms with Gasteiger partial charge in [0.15, 0.2) is 17.5 Å². The number of carbonyl (C=O) groups excluding carboxylic acids is 2. The Balaban J connectivity index is 0.000000798. The van der Waals surface area contributed by atoms with Gasteiger partial charge in [0, 0.05) is 30.9 Å². The van der Waals surface area contributed by atoms with Crippen LogP contribution in [0.2, 0.25) is 0 Å². The summed E-state index contributed by atoms with van der Waals surface area (Å²) in [6, 6.07) is 10.2. The van der Waals surface area contributed by atoms with Crippen molar-refractivity contribution in [2.24, 2.45) is 0 Å². The number of anilines is 1. The fraction of sp³-hybridized carbons (Fsp3) is 0.423. The lowest BCUT2D eigenvalue weighted by molar-refractivity contribution is -0.884. The second kappa shape index (κ2) is 15.4. The summed E-state index contributed by atoms with van der Waals surface area (Å²) < 4.78 is 21.6. The number of methoxy groups -OCH3 is 3. The summed E-state index contributed by atoms with van der Waals surface area (Å²) in [6.45, 7) is 4.99. The Morgan fingerprint density at radius 1 is 1.03 bits per heavy atom. The van der Waals surface area contributed by atoms with Crippen LogP contribution in [0.25, 0.3) is 0 Å². The minimum atomic E-state index is -2.07. The van der Waals surface area contributed by atoms with Gasteiger partial charge in [0.25, 0.3) is 5.91 Å². The van der Waals surface area contributed by atoms with E-state index in [9.17, 15) is 9.90 Å². The number of hydrogen-bond acceptors (Lipinski definition) is 10. The minimum absolute atomic E-state index is 0.219. The van der Waals surface area contributed by atoms with Gasteiger partial charge in [-0.15, -0.1) is 0 Å². The molecule has 2 aromatic carbocycles. The Hall–Kier alpha value is -4.07. The number of β-amino-alcohol motifs (C(OH)–C–C–N with tert-alkyl or cyclic N) is 1. The van der Waals surface area contributed by atoms with E-state index in [0.717, 1.165) is 26.2 Å². The Kier molecular flexibility index (Phi) is 12.3. The molecular weight excluding hydrogens is 514 g/mol. The van der Waals surface area contributed by atoms with Crippen molar-refractivity contribution in [1.82, 2.24) is 4.90 Å². The number of nitrogens with zero attached hydrogens (tertiary/aromatic N) is 1. The van der Waals surface area contributed by atoms with E-state index in [1.807, 2.05) is 0 Å². The Bertz CT molecular complexity index is 1060. The molecule has 0 radical (unpaired) electrons. The molecule has 1 heterocycles. The summed E-state index contributed by atoms with van der Waals surface area (Å²) in [5.41, 5.74) is 0.986. The predicted molar refractivity (Wildman–Crippen MR) is 138 cm³/mol. The number of carboxylic acids is 2. The molecule has 0 saturated carbocycles. The van der Waals surface area contributed by atoms with E-state index in [-0.39, 0.29) is 12.5 Å². The molecule has 1 aliphatic rings. The molecule has 1 fully saturated rings. The maximum atomic E-state index is 12.7. The monoisotopic (exact) mass is 549 g/mol. The number of benzene rings is 2. The number of aliphatic hydroxyl groups is 1. The van der Waals surface area contributed by atoms with Crippen LogP contribution in [0.5, 0.6) is 23.0 Å². The van der Waals surface area contributed by atoms with E-state index in [4.69, 9.17) is 38.7 Å². The second-order valence-corrected chi connectivity index (χ2v) is 8.71. The summed E-state index contributed by atoms with van der Waals surface area (Å²) in [6.07, 6.45) is -0.553. The molecule has 1 unspecified atom stereocenters. The molecule has 4 N–H and O–H groups in total. The third kappa shape index (κ3) is 9.96. The Morgan fingerprint density at radius 2 is 1.56 bits per heavy atom. The largest absolute Gasteiger partial charge is 0.539 e. The minimum Gasteiger partial charge on any atom is -0.539 e. The smallest absolute Gasteiger partial charge is 0.351 e. The third-order valence-electron chi connectivity index (χ3n) is 5.83. The van der Waals surface area contributed by atoms with Crippen LogP contribution in [0.4, 0.5) is 5.69 Å². The van der Waals surface area contributed by atoms with Gasteiger partial charge >= 0.3 is 5.97 Å². The number of aliphatic hydroxyl groups excluding tert-OH is 1. The van der Waals surface area contributed by atoms with Crippen molar-refractivity contribution in [2.45, 2.75) is 6.10 Å². The normalized spacial score (nSPS) is 14.3. The van der Waals surface area contributed by atoms with Crippen LogP contribution in [-0.2, 0) is 9.59 Å². The number of quaternary nitrogens is 1. The van der Waals surface area contributed by atoms with Gasteiger partial charge < -0.3 is 49.3 Å². The van der Waals surface area contributed by atoms with E-state index >= 15 is 0 Å². The number of carbonyl (C=O) groups is 3. The van der Waals surface area contributed by atoms with Crippen LogP contribution in [0.15, 0.2) is 36.4 Å². The first-order chi connectivity index (χ1) is 18.6. The lowest BCUT2D eigenvalue weighted by Gasteiger charge is -2.31. The maximum absolute atomic E-state index is 12.7. The topological polar surface area (TPSA) is 171 Å². The molecule has 0 aliphatic carbocycles. The van der Waals surface area contributed by atoms with E-state index in [1.54, 1.807) is 36.4 Å². The number of rotatable bonds is 10. The van der Waals surface area contributed by atoms with Crippen molar-refractivity contribution in [3.05, 3.63) is 42.0 Å². The second-order valence-electron chi connectivity index (χ2n) is 8.71.